The summed E-state index contributed by atoms with van der Waals surface area (Å²) < 4.78 is 40.7. The summed E-state index contributed by atoms with van der Waals surface area (Å²) in [7, 11) is -2.27. The van der Waals surface area contributed by atoms with E-state index in [0.29, 0.717) is 18.0 Å². The van der Waals surface area contributed by atoms with Gasteiger partial charge >= 0.3 is 6.09 Å². The molecule has 18 nitrogen and oxygen atoms in total. The summed E-state index contributed by atoms with van der Waals surface area (Å²) in [6, 6.07) is -0.932. The van der Waals surface area contributed by atoms with Crippen LogP contribution in [0, 0.1) is 11.3 Å². The van der Waals surface area contributed by atoms with Crippen LogP contribution in [0.2, 0.25) is 5.15 Å². The van der Waals surface area contributed by atoms with Crippen LogP contribution in [0.25, 0.3) is 0 Å². The summed E-state index contributed by atoms with van der Waals surface area (Å²) in [6.07, 6.45) is 4.01. The molecule has 6 rings (SSSR count). The minimum absolute atomic E-state index is 0.0465. The maximum absolute atomic E-state index is 14.5. The van der Waals surface area contributed by atoms with Crippen LogP contribution >= 0.6 is 23.4 Å². The molecule has 0 spiro atoms. The van der Waals surface area contributed by atoms with Gasteiger partial charge in [-0.25, -0.2) is 22.9 Å². The second-order valence-electron chi connectivity index (χ2n) is 14.9. The van der Waals surface area contributed by atoms with Crippen molar-refractivity contribution in [3.05, 3.63) is 23.9 Å². The molecule has 4 aliphatic rings. The Balaban J connectivity index is 1.25. The fourth-order valence-electron chi connectivity index (χ4n) is 6.56. The van der Waals surface area contributed by atoms with Crippen LogP contribution in [-0.2, 0) is 36.2 Å². The second kappa shape index (κ2) is 15.0. The van der Waals surface area contributed by atoms with Gasteiger partial charge in [-0.15, -0.1) is 11.7 Å². The highest BCUT2D eigenvalue weighted by Gasteiger charge is 2.62. The number of tetrazole rings is 1. The molecule has 0 unspecified atom stereocenters. The quantitative estimate of drug-likeness (QED) is 0.150. The summed E-state index contributed by atoms with van der Waals surface area (Å²) in [5.41, 5.74) is -2.41. The lowest BCUT2D eigenvalue weighted by molar-refractivity contribution is -0.143. The third kappa shape index (κ3) is 8.86. The molecule has 288 valence electrons. The van der Waals surface area contributed by atoms with E-state index in [4.69, 9.17) is 21.1 Å². The van der Waals surface area contributed by atoms with E-state index < -0.39 is 74.1 Å². The molecule has 5 atom stereocenters. The topological polar surface area (TPSA) is 230 Å². The molecule has 0 radical (unpaired) electrons. The highest BCUT2D eigenvalue weighted by atomic mass is 35.5. The van der Waals surface area contributed by atoms with Gasteiger partial charge in [-0.2, -0.15) is 4.98 Å². The summed E-state index contributed by atoms with van der Waals surface area (Å²) in [4.78, 5) is 65.1. The van der Waals surface area contributed by atoms with Gasteiger partial charge in [0.15, 0.2) is 5.16 Å². The highest BCUT2D eigenvalue weighted by molar-refractivity contribution is 7.99. The number of hydrogen-bond acceptors (Lipinski definition) is 14. The molecule has 0 aromatic carbocycles. The van der Waals surface area contributed by atoms with Crippen molar-refractivity contribution in [2.24, 2.45) is 18.4 Å². The van der Waals surface area contributed by atoms with Gasteiger partial charge in [0.05, 0.1) is 11.8 Å². The smallest absolute Gasteiger partial charge is 0.408 e. The first-order valence-electron chi connectivity index (χ1n) is 17.4. The molecule has 1 aliphatic heterocycles. The number of nitrogens with zero attached hydrogens (tertiary/aromatic N) is 7. The van der Waals surface area contributed by atoms with Crippen LogP contribution in [0.4, 0.5) is 4.79 Å². The molecule has 2 aromatic heterocycles. The van der Waals surface area contributed by atoms with Crippen molar-refractivity contribution in [2.45, 2.75) is 118 Å². The first-order valence-corrected chi connectivity index (χ1v) is 20.1. The van der Waals surface area contributed by atoms with Gasteiger partial charge in [-0.3, -0.25) is 19.1 Å². The lowest BCUT2D eigenvalue weighted by Gasteiger charge is -2.35. The van der Waals surface area contributed by atoms with Crippen molar-refractivity contribution < 1.29 is 37.1 Å². The number of alkyl carbamates (subject to hydrolysis) is 1. The fourth-order valence-corrected chi connectivity index (χ4v) is 8.84. The van der Waals surface area contributed by atoms with Gasteiger partial charge in [0.2, 0.25) is 32.9 Å². The number of likely N-dealkylation sites (tertiary alicyclic amines) is 1. The molecule has 21 heteroatoms. The SMILES string of the molecule is C=C[C@@H]1C[C@]1(NC(=O)[C@@H]1C[C@@H](Oc2cc(Cl)nc(Sc3nnnn3C)n2)CN1C(=O)[C@@H](NC(=O)OC1CCCC1)C(C)(C)C)C(=O)NS(=O)(=O)C1CC1. The van der Waals surface area contributed by atoms with Gasteiger partial charge in [-0.05, 0) is 72.5 Å². The number of nitrogens with one attached hydrogen (secondary N) is 3. The van der Waals surface area contributed by atoms with E-state index in [0.717, 1.165) is 37.4 Å². The Hall–Kier alpha value is -4.04. The Labute approximate surface area is 316 Å². The molecular formula is C32H43ClN10O8S2. The molecule has 4 amide bonds. The number of amides is 4. The van der Waals surface area contributed by atoms with Crippen molar-refractivity contribution in [2.75, 3.05) is 6.54 Å². The molecule has 2 aromatic rings. The number of hydrogen-bond donors (Lipinski definition) is 3. The average molecular weight is 795 g/mol. The zero-order valence-corrected chi connectivity index (χ0v) is 32.2. The van der Waals surface area contributed by atoms with E-state index >= 15 is 0 Å². The van der Waals surface area contributed by atoms with E-state index in [1.54, 1.807) is 27.8 Å². The Morgan fingerprint density at radius 3 is 2.45 bits per heavy atom. The van der Waals surface area contributed by atoms with Gasteiger partial charge in [0.25, 0.3) is 5.91 Å². The number of sulfonamides is 1. The number of aryl methyl sites for hydroxylation is 1. The fraction of sp³-hybridized carbons (Fsp3) is 0.656. The minimum Gasteiger partial charge on any atom is -0.472 e. The highest BCUT2D eigenvalue weighted by Crippen LogP contribution is 2.45. The van der Waals surface area contributed by atoms with Gasteiger partial charge in [0.1, 0.15) is 35.0 Å². The maximum atomic E-state index is 14.5. The zero-order valence-electron chi connectivity index (χ0n) is 29.8. The standard InChI is InChI=1S/C32H43ClN10O8S2/c1-6-17-15-32(17,27(46)39-53(48,49)20-11-12-20)37-25(44)21-13-19(50-23-14-22(33)34-28(35-23)52-29-38-40-41-42(29)5)16-43(21)26(45)24(31(2,3)4)36-30(47)51-18-9-7-8-10-18/h6,14,17-21,24H,1,7-13,15-16H2,2-5H3,(H,36,47)(H,37,44)(H,39,46)/t17-,19-,21+,24-,32-/m1/s1. The summed E-state index contributed by atoms with van der Waals surface area (Å²) in [6.45, 7) is 8.97. The molecule has 3 heterocycles. The van der Waals surface area contributed by atoms with Gasteiger partial charge in [0, 0.05) is 25.5 Å². The number of halogens is 1. The van der Waals surface area contributed by atoms with Gasteiger partial charge < -0.3 is 25.0 Å². The van der Waals surface area contributed by atoms with Crippen molar-refractivity contribution in [3.8, 4) is 5.88 Å². The van der Waals surface area contributed by atoms with Crippen LogP contribution in [-0.4, -0.2) is 109 Å². The average Bonchev–Trinajstić information content (AvgIpc) is 3.89. The predicted molar refractivity (Wildman–Crippen MR) is 189 cm³/mol. The summed E-state index contributed by atoms with van der Waals surface area (Å²) in [5, 5.41) is 16.8. The molecule has 3 aliphatic carbocycles. The minimum atomic E-state index is -3.92. The van der Waals surface area contributed by atoms with E-state index in [1.165, 1.54) is 21.7 Å². The second-order valence-corrected chi connectivity index (χ2v) is 18.2. The van der Waals surface area contributed by atoms with Crippen LogP contribution in [0.5, 0.6) is 5.88 Å². The molecule has 3 saturated carbocycles. The number of carbonyl (C=O) groups excluding carboxylic acids is 4. The Kier molecular flexibility index (Phi) is 10.9. The van der Waals surface area contributed by atoms with Crippen LogP contribution in [0.3, 0.4) is 0 Å². The van der Waals surface area contributed by atoms with E-state index in [-0.39, 0.29) is 41.7 Å². The lowest BCUT2D eigenvalue weighted by Crippen LogP contribution is -2.60. The monoisotopic (exact) mass is 794 g/mol. The Morgan fingerprint density at radius 1 is 1.13 bits per heavy atom. The number of aromatic nitrogens is 6. The summed E-state index contributed by atoms with van der Waals surface area (Å²) >= 11 is 7.35. The first-order chi connectivity index (χ1) is 25.0. The maximum Gasteiger partial charge on any atom is 0.408 e. The van der Waals surface area contributed by atoms with E-state index in [2.05, 4.69) is 47.4 Å². The Morgan fingerprint density at radius 2 is 1.85 bits per heavy atom. The largest absolute Gasteiger partial charge is 0.472 e. The molecule has 4 fully saturated rings. The van der Waals surface area contributed by atoms with Gasteiger partial charge in [-0.1, -0.05) is 38.4 Å². The van der Waals surface area contributed by atoms with Crippen LogP contribution in [0.1, 0.15) is 72.1 Å². The molecule has 3 N–H and O–H groups in total. The summed E-state index contributed by atoms with van der Waals surface area (Å²) in [5.74, 6) is -2.64. The first kappa shape index (κ1) is 38.7. The lowest BCUT2D eigenvalue weighted by atomic mass is 9.85. The number of carbonyl (C=O) groups is 4. The molecule has 53 heavy (non-hydrogen) atoms. The normalized spacial score (nSPS) is 25.0. The van der Waals surface area contributed by atoms with Crippen LogP contribution < -0.4 is 20.1 Å². The van der Waals surface area contributed by atoms with Crippen molar-refractivity contribution in [3.63, 3.8) is 0 Å². The molecule has 0 bridgehead atoms. The predicted octanol–water partition coefficient (Wildman–Crippen LogP) is 1.91. The van der Waals surface area contributed by atoms with Crippen LogP contribution in [0.15, 0.2) is 29.0 Å². The number of ether oxygens (including phenoxy) is 2. The van der Waals surface area contributed by atoms with Crippen molar-refractivity contribution in [1.29, 1.82) is 0 Å². The third-order valence-corrected chi connectivity index (χ3v) is 12.7. The van der Waals surface area contributed by atoms with Crippen molar-refractivity contribution >= 4 is 57.2 Å². The third-order valence-electron chi connectivity index (χ3n) is 9.75. The molecular weight excluding hydrogens is 752 g/mol. The Bertz CT molecular complexity index is 1880. The zero-order chi connectivity index (χ0) is 38.3. The van der Waals surface area contributed by atoms with E-state index in [1.807, 2.05) is 0 Å². The molecule has 1 saturated heterocycles. The number of rotatable bonds is 13. The van der Waals surface area contributed by atoms with Crippen molar-refractivity contribution in [1.82, 2.24) is 50.4 Å². The van der Waals surface area contributed by atoms with E-state index in [9.17, 15) is 27.6 Å².